The molecule has 0 radical (unpaired) electrons. The van der Waals surface area contributed by atoms with E-state index in [1.165, 1.54) is 27.3 Å². The van der Waals surface area contributed by atoms with Crippen LogP contribution in [-0.2, 0) is 16.0 Å². The van der Waals surface area contributed by atoms with Gasteiger partial charge in [-0.15, -0.1) is 0 Å². The second-order valence-electron chi connectivity index (χ2n) is 3.40. The largest absolute Gasteiger partial charge is 0.481 e. The van der Waals surface area contributed by atoms with Crippen molar-refractivity contribution >= 4 is 5.97 Å². The molecule has 0 amide bonds. The number of ether oxygens (including phenoxy) is 2. The highest BCUT2D eigenvalue weighted by Crippen LogP contribution is 2.31. The van der Waals surface area contributed by atoms with E-state index in [0.29, 0.717) is 5.56 Å². The molecule has 0 aromatic carbocycles. The van der Waals surface area contributed by atoms with Crippen molar-refractivity contribution in [2.24, 2.45) is 0 Å². The van der Waals surface area contributed by atoms with Crippen molar-refractivity contribution in [2.45, 2.75) is 19.8 Å². The lowest BCUT2D eigenvalue weighted by molar-refractivity contribution is -0.139. The number of hydrogen-bond donors (Lipinski definition) is 0. The number of pyridine rings is 1. The van der Waals surface area contributed by atoms with Crippen LogP contribution >= 0.6 is 0 Å². The second-order valence-corrected chi connectivity index (χ2v) is 3.40. The number of nitrogens with zero attached hydrogens (tertiary/aromatic N) is 1. The van der Waals surface area contributed by atoms with Gasteiger partial charge < -0.3 is 9.47 Å². The quantitative estimate of drug-likeness (QED) is 0.762. The number of rotatable bonds is 4. The first-order valence-electron chi connectivity index (χ1n) is 4.88. The fraction of sp³-hybridized carbons (Fsp3) is 0.455. The fourth-order valence-corrected chi connectivity index (χ4v) is 1.52. The average Bonchev–Trinajstić information content (AvgIpc) is 2.28. The molecule has 0 spiro atoms. The Hall–Kier alpha value is -1.72. The molecule has 4 nitrogen and oxygen atoms in total. The third-order valence-corrected chi connectivity index (χ3v) is 2.34. The Balaban J connectivity index is 3.29. The van der Waals surface area contributed by atoms with Crippen LogP contribution in [0.4, 0.5) is 8.78 Å². The number of hydrogen-bond acceptors (Lipinski definition) is 4. The van der Waals surface area contributed by atoms with Crippen LogP contribution in [0.25, 0.3) is 0 Å². The zero-order chi connectivity index (χ0) is 13.0. The van der Waals surface area contributed by atoms with Gasteiger partial charge in [0.1, 0.15) is 0 Å². The van der Waals surface area contributed by atoms with Crippen LogP contribution in [0.1, 0.15) is 23.1 Å². The zero-order valence-corrected chi connectivity index (χ0v) is 9.79. The minimum absolute atomic E-state index is 0.0244. The summed E-state index contributed by atoms with van der Waals surface area (Å²) in [6, 6.07) is 0. The monoisotopic (exact) mass is 245 g/mol. The SMILES string of the molecule is COC(=O)Cc1c(OC)ncc(C)c1C(F)F. The van der Waals surface area contributed by atoms with Gasteiger partial charge in [-0.1, -0.05) is 0 Å². The molecule has 0 bridgehead atoms. The number of carbonyl (C=O) groups is 1. The molecule has 0 unspecified atom stereocenters. The number of halogens is 2. The molecule has 1 heterocycles. The maximum atomic E-state index is 12.9. The number of carbonyl (C=O) groups excluding carboxylic acids is 1. The van der Waals surface area contributed by atoms with E-state index in [0.717, 1.165) is 0 Å². The molecular weight excluding hydrogens is 232 g/mol. The van der Waals surface area contributed by atoms with Crippen molar-refractivity contribution in [3.8, 4) is 5.88 Å². The Kier molecular flexibility index (Phi) is 4.37. The third kappa shape index (κ3) is 2.89. The Labute approximate surface area is 97.6 Å². The van der Waals surface area contributed by atoms with E-state index in [1.54, 1.807) is 0 Å². The van der Waals surface area contributed by atoms with Crippen molar-refractivity contribution in [1.82, 2.24) is 4.98 Å². The predicted octanol–water partition coefficient (Wildman–Crippen LogP) is 2.05. The van der Waals surface area contributed by atoms with E-state index in [4.69, 9.17) is 4.74 Å². The standard InChI is InChI=1S/C11H13F2NO3/c1-6-5-14-11(17-3)7(4-8(15)16-2)9(6)10(12)13/h5,10H,4H2,1-3H3. The first-order chi connectivity index (χ1) is 8.01. The van der Waals surface area contributed by atoms with Crippen molar-refractivity contribution in [1.29, 1.82) is 0 Å². The molecule has 0 aliphatic carbocycles. The van der Waals surface area contributed by atoms with Gasteiger partial charge in [0.25, 0.3) is 6.43 Å². The van der Waals surface area contributed by atoms with Gasteiger partial charge >= 0.3 is 5.97 Å². The van der Waals surface area contributed by atoms with Gasteiger partial charge in [-0.25, -0.2) is 13.8 Å². The van der Waals surface area contributed by atoms with E-state index < -0.39 is 12.4 Å². The van der Waals surface area contributed by atoms with Crippen LogP contribution in [-0.4, -0.2) is 25.2 Å². The van der Waals surface area contributed by atoms with E-state index in [9.17, 15) is 13.6 Å². The molecule has 0 atom stereocenters. The third-order valence-electron chi connectivity index (χ3n) is 2.34. The van der Waals surface area contributed by atoms with E-state index in [1.807, 2.05) is 0 Å². The molecule has 1 aromatic heterocycles. The summed E-state index contributed by atoms with van der Waals surface area (Å²) in [5.41, 5.74) is 0.177. The lowest BCUT2D eigenvalue weighted by Gasteiger charge is -2.14. The summed E-state index contributed by atoms with van der Waals surface area (Å²) >= 11 is 0. The van der Waals surface area contributed by atoms with Gasteiger partial charge in [-0.3, -0.25) is 4.79 Å². The normalized spacial score (nSPS) is 10.5. The lowest BCUT2D eigenvalue weighted by Crippen LogP contribution is -2.11. The van der Waals surface area contributed by atoms with Gasteiger partial charge in [-0.2, -0.15) is 0 Å². The topological polar surface area (TPSA) is 48.4 Å². The molecule has 94 valence electrons. The summed E-state index contributed by atoms with van der Waals surface area (Å²) in [5, 5.41) is 0. The molecule has 0 saturated carbocycles. The van der Waals surface area contributed by atoms with Gasteiger partial charge in [0.15, 0.2) is 0 Å². The van der Waals surface area contributed by atoms with Gasteiger partial charge in [0.05, 0.1) is 20.6 Å². The molecule has 0 N–H and O–H groups in total. The van der Waals surface area contributed by atoms with Crippen molar-refractivity contribution in [3.05, 3.63) is 22.9 Å². The summed E-state index contributed by atoms with van der Waals surface area (Å²) in [4.78, 5) is 15.0. The highest BCUT2D eigenvalue weighted by atomic mass is 19.3. The van der Waals surface area contributed by atoms with Crippen LogP contribution in [0, 0.1) is 6.92 Å². The van der Waals surface area contributed by atoms with E-state index >= 15 is 0 Å². The molecule has 1 rings (SSSR count). The van der Waals surface area contributed by atoms with Crippen LogP contribution in [0.15, 0.2) is 6.20 Å². The molecule has 0 aliphatic rings. The van der Waals surface area contributed by atoms with Crippen molar-refractivity contribution < 1.29 is 23.0 Å². The Morgan fingerprint density at radius 1 is 1.47 bits per heavy atom. The molecule has 0 aliphatic heterocycles. The van der Waals surface area contributed by atoms with Gasteiger partial charge in [-0.05, 0) is 12.5 Å². The first-order valence-corrected chi connectivity index (χ1v) is 4.88. The molecule has 0 saturated heterocycles. The number of aryl methyl sites for hydroxylation is 1. The van der Waals surface area contributed by atoms with Crippen molar-refractivity contribution in [3.63, 3.8) is 0 Å². The van der Waals surface area contributed by atoms with Crippen LogP contribution in [0.3, 0.4) is 0 Å². The van der Waals surface area contributed by atoms with Gasteiger partial charge in [0.2, 0.25) is 5.88 Å². The summed E-state index contributed by atoms with van der Waals surface area (Å²) in [6.07, 6.45) is -1.68. The second kappa shape index (κ2) is 5.56. The summed E-state index contributed by atoms with van der Waals surface area (Å²) in [6.45, 7) is 1.51. The molecule has 0 fully saturated rings. The predicted molar refractivity (Wildman–Crippen MR) is 56.2 cm³/mol. The minimum Gasteiger partial charge on any atom is -0.481 e. The zero-order valence-electron chi connectivity index (χ0n) is 9.79. The highest BCUT2D eigenvalue weighted by Gasteiger charge is 2.22. The fourth-order valence-electron chi connectivity index (χ4n) is 1.52. The van der Waals surface area contributed by atoms with Crippen LogP contribution in [0.5, 0.6) is 5.88 Å². The molecule has 1 aromatic rings. The van der Waals surface area contributed by atoms with Crippen LogP contribution in [0.2, 0.25) is 0 Å². The molecular formula is C11H13F2NO3. The average molecular weight is 245 g/mol. The van der Waals surface area contributed by atoms with E-state index in [-0.39, 0.29) is 23.4 Å². The maximum Gasteiger partial charge on any atom is 0.310 e. The Bertz CT molecular complexity index is 421. The van der Waals surface area contributed by atoms with Crippen LogP contribution < -0.4 is 4.74 Å². The Morgan fingerprint density at radius 3 is 2.59 bits per heavy atom. The highest BCUT2D eigenvalue weighted by molar-refractivity contribution is 5.74. The molecule has 6 heteroatoms. The summed E-state index contributed by atoms with van der Waals surface area (Å²) in [5.74, 6) is -0.589. The maximum absolute atomic E-state index is 12.9. The minimum atomic E-state index is -2.69. The van der Waals surface area contributed by atoms with Gasteiger partial charge in [0, 0.05) is 17.3 Å². The number of esters is 1. The van der Waals surface area contributed by atoms with Crippen molar-refractivity contribution in [2.75, 3.05) is 14.2 Å². The Morgan fingerprint density at radius 2 is 2.12 bits per heavy atom. The molecule has 17 heavy (non-hydrogen) atoms. The number of methoxy groups -OCH3 is 2. The lowest BCUT2D eigenvalue weighted by atomic mass is 10.0. The first kappa shape index (κ1) is 13.3. The number of aromatic nitrogens is 1. The smallest absolute Gasteiger partial charge is 0.310 e. The summed E-state index contributed by atoms with van der Waals surface area (Å²) < 4.78 is 35.2. The summed E-state index contributed by atoms with van der Waals surface area (Å²) in [7, 11) is 2.51. The number of alkyl halides is 2. The van der Waals surface area contributed by atoms with E-state index in [2.05, 4.69) is 9.72 Å².